The fourth-order valence-electron chi connectivity index (χ4n) is 3.39. The number of benzene rings is 1. The first-order valence-corrected chi connectivity index (χ1v) is 9.77. The summed E-state index contributed by atoms with van der Waals surface area (Å²) in [7, 11) is 0. The van der Waals surface area contributed by atoms with Crippen molar-refractivity contribution in [2.45, 2.75) is 54.3 Å². The van der Waals surface area contributed by atoms with E-state index in [9.17, 15) is 4.39 Å². The molecule has 2 aliphatic rings. The van der Waals surface area contributed by atoms with Gasteiger partial charge in [-0.2, -0.15) is 11.8 Å². The summed E-state index contributed by atoms with van der Waals surface area (Å²) >= 11 is 3.65. The van der Waals surface area contributed by atoms with Gasteiger partial charge in [0, 0.05) is 22.2 Å². The summed E-state index contributed by atoms with van der Waals surface area (Å²) in [5.41, 5.74) is 1.17. The van der Waals surface area contributed by atoms with Crippen LogP contribution < -0.4 is 5.32 Å². The van der Waals surface area contributed by atoms with Crippen LogP contribution in [0, 0.1) is 5.82 Å². The second kappa shape index (κ2) is 6.71. The first kappa shape index (κ1) is 14.7. The average Bonchev–Trinajstić information content (AvgIpc) is 2.49. The molecule has 0 amide bonds. The van der Waals surface area contributed by atoms with Crippen molar-refractivity contribution in [2.75, 3.05) is 12.0 Å². The first-order valence-electron chi connectivity index (χ1n) is 7.49. The van der Waals surface area contributed by atoms with Gasteiger partial charge in [0.1, 0.15) is 5.82 Å². The summed E-state index contributed by atoms with van der Waals surface area (Å²) in [6.07, 6.45) is 8.59. The highest BCUT2D eigenvalue weighted by molar-refractivity contribution is 7.99. The van der Waals surface area contributed by atoms with Gasteiger partial charge < -0.3 is 5.32 Å². The van der Waals surface area contributed by atoms with E-state index in [-0.39, 0.29) is 5.82 Å². The zero-order chi connectivity index (χ0) is 13.9. The minimum absolute atomic E-state index is 0.0518. The molecule has 20 heavy (non-hydrogen) atoms. The molecule has 1 aromatic carbocycles. The van der Waals surface area contributed by atoms with Gasteiger partial charge in [0.2, 0.25) is 0 Å². The molecule has 110 valence electrons. The molecule has 0 saturated heterocycles. The van der Waals surface area contributed by atoms with Crippen LogP contribution in [0.15, 0.2) is 23.1 Å². The molecule has 0 spiro atoms. The van der Waals surface area contributed by atoms with E-state index in [2.05, 4.69) is 17.6 Å². The largest absolute Gasteiger partial charge is 0.306 e. The number of rotatable bonds is 3. The number of hydrogen-bond donors (Lipinski definition) is 1. The van der Waals surface area contributed by atoms with Crippen LogP contribution >= 0.6 is 23.5 Å². The van der Waals surface area contributed by atoms with E-state index < -0.39 is 0 Å². The molecule has 1 aliphatic carbocycles. The summed E-state index contributed by atoms with van der Waals surface area (Å²) in [4.78, 5) is 0.868. The van der Waals surface area contributed by atoms with Gasteiger partial charge in [0.25, 0.3) is 0 Å². The molecule has 4 heteroatoms. The van der Waals surface area contributed by atoms with Crippen LogP contribution in [0.4, 0.5) is 4.39 Å². The van der Waals surface area contributed by atoms with Crippen LogP contribution in [0.2, 0.25) is 0 Å². The second-order valence-electron chi connectivity index (χ2n) is 5.68. The molecule has 0 radical (unpaired) electrons. The highest BCUT2D eigenvalue weighted by atomic mass is 32.2. The van der Waals surface area contributed by atoms with Gasteiger partial charge in [-0.1, -0.05) is 25.0 Å². The lowest BCUT2D eigenvalue weighted by Crippen LogP contribution is -2.43. The van der Waals surface area contributed by atoms with Gasteiger partial charge in [0.05, 0.1) is 0 Å². The van der Waals surface area contributed by atoms with E-state index in [0.29, 0.717) is 12.1 Å². The predicted octanol–water partition coefficient (Wildman–Crippen LogP) is 4.63. The molecule has 1 aliphatic heterocycles. The SMILES string of the molecule is CSC1CCCCC1NC1CCSc2c(F)cccc21. The molecule has 1 aromatic rings. The maximum atomic E-state index is 13.9. The van der Waals surface area contributed by atoms with E-state index in [0.717, 1.165) is 22.3 Å². The van der Waals surface area contributed by atoms with Gasteiger partial charge in [0.15, 0.2) is 0 Å². The van der Waals surface area contributed by atoms with E-state index >= 15 is 0 Å². The Morgan fingerprint density at radius 1 is 1.25 bits per heavy atom. The van der Waals surface area contributed by atoms with Crippen molar-refractivity contribution in [3.8, 4) is 0 Å². The number of hydrogen-bond acceptors (Lipinski definition) is 3. The third-order valence-electron chi connectivity index (χ3n) is 4.45. The summed E-state index contributed by atoms with van der Waals surface area (Å²) in [6, 6.07) is 6.45. The third-order valence-corrected chi connectivity index (χ3v) is 6.78. The van der Waals surface area contributed by atoms with Crippen LogP contribution in [-0.2, 0) is 0 Å². The van der Waals surface area contributed by atoms with Crippen LogP contribution in [0.3, 0.4) is 0 Å². The smallest absolute Gasteiger partial charge is 0.137 e. The van der Waals surface area contributed by atoms with E-state index in [1.165, 1.54) is 31.2 Å². The molecule has 1 nitrogen and oxygen atoms in total. The molecule has 0 aromatic heterocycles. The maximum Gasteiger partial charge on any atom is 0.137 e. The molecule has 3 unspecified atom stereocenters. The van der Waals surface area contributed by atoms with Crippen LogP contribution in [0.5, 0.6) is 0 Å². The summed E-state index contributed by atoms with van der Waals surface area (Å²) in [5, 5.41) is 4.56. The topological polar surface area (TPSA) is 12.0 Å². The zero-order valence-electron chi connectivity index (χ0n) is 11.9. The quantitative estimate of drug-likeness (QED) is 0.874. The molecule has 3 atom stereocenters. The Labute approximate surface area is 129 Å². The predicted molar refractivity (Wildman–Crippen MR) is 87.2 cm³/mol. The molecule has 3 rings (SSSR count). The molecule has 0 bridgehead atoms. The Morgan fingerprint density at radius 3 is 2.95 bits per heavy atom. The van der Waals surface area contributed by atoms with Crippen molar-refractivity contribution >= 4 is 23.5 Å². The van der Waals surface area contributed by atoms with Gasteiger partial charge in [-0.3, -0.25) is 0 Å². The number of nitrogens with one attached hydrogen (secondary N) is 1. The third kappa shape index (κ3) is 3.02. The van der Waals surface area contributed by atoms with Crippen LogP contribution in [0.1, 0.15) is 43.7 Å². The van der Waals surface area contributed by atoms with Crippen molar-refractivity contribution in [2.24, 2.45) is 0 Å². The van der Waals surface area contributed by atoms with Crippen LogP contribution in [0.25, 0.3) is 0 Å². The molecule has 1 fully saturated rings. The molecule has 1 saturated carbocycles. The van der Waals surface area contributed by atoms with E-state index in [4.69, 9.17) is 0 Å². The molecule has 1 heterocycles. The maximum absolute atomic E-state index is 13.9. The van der Waals surface area contributed by atoms with Gasteiger partial charge in [-0.05, 0) is 42.9 Å². The number of fused-ring (bicyclic) bond motifs is 1. The lowest BCUT2D eigenvalue weighted by atomic mass is 9.92. The minimum atomic E-state index is -0.0518. The Morgan fingerprint density at radius 2 is 2.10 bits per heavy atom. The fraction of sp³-hybridized carbons (Fsp3) is 0.625. The van der Waals surface area contributed by atoms with Crippen LogP contribution in [-0.4, -0.2) is 23.3 Å². The second-order valence-corrected chi connectivity index (χ2v) is 7.86. The lowest BCUT2D eigenvalue weighted by molar-refractivity contribution is 0.339. The number of halogens is 1. The molecular formula is C16H22FNS2. The lowest BCUT2D eigenvalue weighted by Gasteiger charge is -2.36. The Bertz CT molecular complexity index is 466. The van der Waals surface area contributed by atoms with E-state index in [1.54, 1.807) is 17.8 Å². The standard InChI is InChI=1S/C16H22FNS2/c1-19-15-8-3-2-7-14(15)18-13-9-10-20-16-11(13)5-4-6-12(16)17/h4-6,13-15,18H,2-3,7-10H2,1H3. The van der Waals surface area contributed by atoms with E-state index in [1.807, 2.05) is 17.8 Å². The first-order chi connectivity index (χ1) is 9.79. The highest BCUT2D eigenvalue weighted by Crippen LogP contribution is 2.39. The fourth-order valence-corrected chi connectivity index (χ4v) is 5.47. The molecule has 1 N–H and O–H groups in total. The monoisotopic (exact) mass is 311 g/mol. The zero-order valence-corrected chi connectivity index (χ0v) is 13.5. The van der Waals surface area contributed by atoms with Crippen molar-refractivity contribution in [3.05, 3.63) is 29.6 Å². The van der Waals surface area contributed by atoms with Crippen molar-refractivity contribution < 1.29 is 4.39 Å². The summed E-state index contributed by atoms with van der Waals surface area (Å²) in [5.74, 6) is 0.964. The Balaban J connectivity index is 1.77. The normalized spacial score (nSPS) is 30.0. The van der Waals surface area contributed by atoms with Gasteiger partial charge in [-0.15, -0.1) is 11.8 Å². The minimum Gasteiger partial charge on any atom is -0.306 e. The summed E-state index contributed by atoms with van der Waals surface area (Å²) < 4.78 is 13.9. The highest BCUT2D eigenvalue weighted by Gasteiger charge is 2.29. The van der Waals surface area contributed by atoms with Crippen molar-refractivity contribution in [1.82, 2.24) is 5.32 Å². The molecular weight excluding hydrogens is 289 g/mol. The van der Waals surface area contributed by atoms with Crippen molar-refractivity contribution in [3.63, 3.8) is 0 Å². The average molecular weight is 311 g/mol. The Kier molecular flexibility index (Phi) is 4.95. The van der Waals surface area contributed by atoms with Crippen molar-refractivity contribution in [1.29, 1.82) is 0 Å². The van der Waals surface area contributed by atoms with Gasteiger partial charge >= 0.3 is 0 Å². The van der Waals surface area contributed by atoms with Gasteiger partial charge in [-0.25, -0.2) is 4.39 Å². The summed E-state index contributed by atoms with van der Waals surface area (Å²) in [6.45, 7) is 0. The number of thioether (sulfide) groups is 2. The Hall–Kier alpha value is -0.190.